The van der Waals surface area contributed by atoms with Gasteiger partial charge in [-0.2, -0.15) is 0 Å². The quantitative estimate of drug-likeness (QED) is 0.0719. The van der Waals surface area contributed by atoms with Gasteiger partial charge in [-0.15, -0.1) is 0 Å². The van der Waals surface area contributed by atoms with E-state index >= 15 is 0 Å². The Morgan fingerprint density at radius 3 is 1.59 bits per heavy atom. The molecule has 0 saturated carbocycles. The van der Waals surface area contributed by atoms with Crippen LogP contribution in [0.3, 0.4) is 0 Å². The Morgan fingerprint density at radius 2 is 1.08 bits per heavy atom. The first-order valence-electron chi connectivity index (χ1n) is 17.7. The van der Waals surface area contributed by atoms with Crippen molar-refractivity contribution in [2.24, 2.45) is 5.11 Å². The van der Waals surface area contributed by atoms with Crippen molar-refractivity contribution >= 4 is 11.8 Å². The molecule has 0 heterocycles. The minimum absolute atomic E-state index is 0.970. The Kier molecular flexibility index (Phi) is 11.1. The lowest BCUT2D eigenvalue weighted by Gasteiger charge is -2.17. The van der Waals surface area contributed by atoms with Crippen molar-refractivity contribution in [1.82, 2.24) is 0 Å². The normalized spacial score (nSPS) is 11.9. The fraction of sp³-hybridized carbons (Fsp3) is 0.191. The van der Waals surface area contributed by atoms with Gasteiger partial charge >= 0.3 is 0 Å². The van der Waals surface area contributed by atoms with Crippen molar-refractivity contribution in [2.45, 2.75) is 52.9 Å². The fourth-order valence-corrected chi connectivity index (χ4v) is 6.72. The molecule has 0 saturated heterocycles. The first kappa shape index (κ1) is 33.6. The van der Waals surface area contributed by atoms with Crippen LogP contribution in [0.4, 0.5) is 5.69 Å². The molecule has 0 aliphatic carbocycles. The Morgan fingerprint density at radius 1 is 0.592 bits per heavy atom. The van der Waals surface area contributed by atoms with Crippen LogP contribution in [0.25, 0.3) is 50.6 Å². The van der Waals surface area contributed by atoms with E-state index in [1.54, 1.807) is 0 Å². The molecular formula is C47H47N2+. The summed E-state index contributed by atoms with van der Waals surface area (Å²) in [5, 5.41) is 5.22. The van der Waals surface area contributed by atoms with Crippen LogP contribution in [0.1, 0.15) is 56.2 Å². The molecule has 6 aromatic carbocycles. The number of hydrogen-bond acceptors (Lipinski definition) is 1. The molecule has 244 valence electrons. The van der Waals surface area contributed by atoms with Crippen molar-refractivity contribution in [3.8, 4) is 44.5 Å². The van der Waals surface area contributed by atoms with Crippen LogP contribution in [0, 0.1) is 6.92 Å². The van der Waals surface area contributed by atoms with Crippen LogP contribution in [0.15, 0.2) is 156 Å². The highest BCUT2D eigenvalue weighted by atomic mass is 15.2. The third kappa shape index (κ3) is 8.21. The highest BCUT2D eigenvalue weighted by Crippen LogP contribution is 2.40. The predicted molar refractivity (Wildman–Crippen MR) is 209 cm³/mol. The molecule has 0 atom stereocenters. The monoisotopic (exact) mass is 639 g/mol. The third-order valence-electron chi connectivity index (χ3n) is 9.40. The maximum Gasteiger partial charge on any atom is 0.205 e. The maximum absolute atomic E-state index is 5.22. The van der Waals surface area contributed by atoms with E-state index in [2.05, 4.69) is 179 Å². The highest BCUT2D eigenvalue weighted by Gasteiger charge is 2.17. The molecule has 0 N–H and O–H groups in total. The zero-order valence-electron chi connectivity index (χ0n) is 29.4. The van der Waals surface area contributed by atoms with Gasteiger partial charge < -0.3 is 0 Å². The van der Waals surface area contributed by atoms with Crippen LogP contribution in [0.2, 0.25) is 0 Å². The summed E-state index contributed by atoms with van der Waals surface area (Å²) in [5.74, 6) is 0. The van der Waals surface area contributed by atoms with Gasteiger partial charge in [0, 0.05) is 13.0 Å². The number of rotatable bonds is 12. The van der Waals surface area contributed by atoms with Crippen molar-refractivity contribution in [3.63, 3.8) is 0 Å². The SMILES string of the molecule is CCCCCCc1cc(N=[N+](C)C(C)=Cc2cc(-c3ccccc3)c(C)c(-c3ccccc3)c2)cc(-c2ccccc2)c1-c1ccccc1. The standard InChI is InChI=1S/C47H47N2/c1-5-6-7-12-29-42-33-43(34-46(40-25-17-10-18-26-40)47(42)41-27-19-11-20-28-41)48-49(4)35(2)30-37-31-44(38-21-13-8-14-22-38)36(3)45(32-37)39-23-15-9-16-24-39/h8-11,13-28,30-34H,5-7,12,29H2,1-4H3/q+1. The number of unbranched alkanes of at least 4 members (excludes halogenated alkanes) is 3. The summed E-state index contributed by atoms with van der Waals surface area (Å²) in [6, 6.07) is 52.2. The number of benzene rings is 6. The Bertz CT molecular complexity index is 1980. The van der Waals surface area contributed by atoms with E-state index in [9.17, 15) is 0 Å². The zero-order valence-corrected chi connectivity index (χ0v) is 29.4. The summed E-state index contributed by atoms with van der Waals surface area (Å²) in [4.78, 5) is 0. The summed E-state index contributed by atoms with van der Waals surface area (Å²) in [7, 11) is 2.06. The van der Waals surface area contributed by atoms with Gasteiger partial charge in [0.25, 0.3) is 0 Å². The van der Waals surface area contributed by atoms with Gasteiger partial charge in [-0.1, -0.05) is 152 Å². The fourth-order valence-electron chi connectivity index (χ4n) is 6.72. The van der Waals surface area contributed by atoms with E-state index in [-0.39, 0.29) is 0 Å². The molecule has 0 radical (unpaired) electrons. The lowest BCUT2D eigenvalue weighted by atomic mass is 9.88. The topological polar surface area (TPSA) is 15.4 Å². The average molecular weight is 640 g/mol. The molecule has 2 heteroatoms. The maximum atomic E-state index is 5.22. The molecule has 6 rings (SSSR count). The van der Waals surface area contributed by atoms with Crippen molar-refractivity contribution in [3.05, 3.63) is 168 Å². The number of azo groups is 2. The van der Waals surface area contributed by atoms with E-state index in [1.165, 1.54) is 81.3 Å². The van der Waals surface area contributed by atoms with Crippen LogP contribution < -0.4 is 0 Å². The van der Waals surface area contributed by atoms with Crippen LogP contribution in [-0.4, -0.2) is 11.7 Å². The third-order valence-corrected chi connectivity index (χ3v) is 9.40. The second kappa shape index (κ2) is 16.2. The van der Waals surface area contributed by atoms with Gasteiger partial charge in [0.2, 0.25) is 5.70 Å². The number of hydrogen-bond donors (Lipinski definition) is 0. The molecular weight excluding hydrogens is 593 g/mol. The Balaban J connectivity index is 1.44. The molecule has 0 aliphatic heterocycles. The second-order valence-electron chi connectivity index (χ2n) is 13.0. The van der Waals surface area contributed by atoms with Gasteiger partial charge in [0.1, 0.15) is 5.69 Å². The molecule has 49 heavy (non-hydrogen) atoms. The largest absolute Gasteiger partial charge is 0.205 e. The van der Waals surface area contributed by atoms with Gasteiger partial charge in [0.15, 0.2) is 7.05 Å². The molecule has 0 fully saturated rings. The van der Waals surface area contributed by atoms with Gasteiger partial charge in [0.05, 0.1) is 0 Å². The molecule has 0 unspecified atom stereocenters. The molecule has 6 aromatic rings. The summed E-state index contributed by atoms with van der Waals surface area (Å²) < 4.78 is 2.03. The van der Waals surface area contributed by atoms with Crippen LogP contribution >= 0.6 is 0 Å². The summed E-state index contributed by atoms with van der Waals surface area (Å²) in [6.45, 7) is 6.65. The lowest BCUT2D eigenvalue weighted by molar-refractivity contribution is -0.510. The average Bonchev–Trinajstić information content (AvgIpc) is 3.15. The highest BCUT2D eigenvalue weighted by molar-refractivity contribution is 5.88. The van der Waals surface area contributed by atoms with E-state index < -0.39 is 0 Å². The number of nitrogens with zero attached hydrogens (tertiary/aromatic N) is 2. The minimum atomic E-state index is 0.970. The summed E-state index contributed by atoms with van der Waals surface area (Å²) in [6.07, 6.45) is 8.18. The van der Waals surface area contributed by atoms with E-state index in [1.807, 2.05) is 4.70 Å². The van der Waals surface area contributed by atoms with Gasteiger partial charge in [-0.05, 0) is 110 Å². The summed E-state index contributed by atoms with van der Waals surface area (Å²) in [5.41, 5.74) is 15.8. The van der Waals surface area contributed by atoms with E-state index in [4.69, 9.17) is 5.11 Å². The predicted octanol–water partition coefficient (Wildman–Crippen LogP) is 13.6. The van der Waals surface area contributed by atoms with E-state index in [0.29, 0.717) is 0 Å². The first-order valence-corrected chi connectivity index (χ1v) is 17.7. The lowest BCUT2D eigenvalue weighted by Crippen LogP contribution is -2.00. The molecule has 0 amide bonds. The smallest absolute Gasteiger partial charge is 0.0909 e. The molecule has 0 spiro atoms. The van der Waals surface area contributed by atoms with Crippen molar-refractivity contribution in [2.75, 3.05) is 7.05 Å². The molecule has 0 aromatic heterocycles. The second-order valence-corrected chi connectivity index (χ2v) is 13.0. The van der Waals surface area contributed by atoms with Crippen LogP contribution in [-0.2, 0) is 6.42 Å². The van der Waals surface area contributed by atoms with Gasteiger partial charge in [-0.25, -0.2) is 0 Å². The Labute approximate surface area is 293 Å². The number of allylic oxidation sites excluding steroid dienone is 1. The van der Waals surface area contributed by atoms with Gasteiger partial charge in [-0.3, -0.25) is 0 Å². The summed E-state index contributed by atoms with van der Waals surface area (Å²) >= 11 is 0. The van der Waals surface area contributed by atoms with E-state index in [0.717, 1.165) is 23.4 Å². The first-order chi connectivity index (χ1) is 24.0. The molecule has 0 bridgehead atoms. The van der Waals surface area contributed by atoms with Crippen molar-refractivity contribution in [1.29, 1.82) is 0 Å². The zero-order chi connectivity index (χ0) is 34.0. The minimum Gasteiger partial charge on any atom is -0.0909 e. The molecule has 0 aliphatic rings. The molecule has 2 nitrogen and oxygen atoms in total. The van der Waals surface area contributed by atoms with Crippen LogP contribution in [0.5, 0.6) is 0 Å². The number of aryl methyl sites for hydroxylation is 1. The van der Waals surface area contributed by atoms with Crippen molar-refractivity contribution < 1.29 is 4.70 Å². The Hall–Kier alpha value is -5.34.